The van der Waals surface area contributed by atoms with Crippen LogP contribution in [0.2, 0.25) is 0 Å². The topological polar surface area (TPSA) is 85.3 Å². The van der Waals surface area contributed by atoms with Crippen LogP contribution < -0.4 is 11.1 Å². The van der Waals surface area contributed by atoms with Crippen LogP contribution in [0.4, 0.5) is 5.95 Å². The second kappa shape index (κ2) is 5.21. The monoisotopic (exact) mass is 297 g/mol. The maximum atomic E-state index is 11.8. The molecule has 4 rings (SSSR count). The number of amides is 1. The zero-order valence-electron chi connectivity index (χ0n) is 12.3. The molecule has 0 aromatic carbocycles. The maximum absolute atomic E-state index is 11.8. The standard InChI is InChI=1S/C16H19N5O/c17-12-8-6-10(7-9-12)13-2-1-3-14-18-16(20-21(13)14)19-15(22)11-4-5-11/h1-3,6,11-12H,4-5,7-9,17H2,(H,19,20,22). The van der Waals surface area contributed by atoms with E-state index < -0.39 is 0 Å². The van der Waals surface area contributed by atoms with E-state index in [0.717, 1.165) is 43.4 Å². The summed E-state index contributed by atoms with van der Waals surface area (Å²) in [5.74, 6) is 0.561. The van der Waals surface area contributed by atoms with Gasteiger partial charge in [-0.05, 0) is 49.8 Å². The van der Waals surface area contributed by atoms with Crippen LogP contribution in [0.3, 0.4) is 0 Å². The van der Waals surface area contributed by atoms with Crippen LogP contribution in [0.1, 0.15) is 37.8 Å². The lowest BCUT2D eigenvalue weighted by molar-refractivity contribution is -0.117. The van der Waals surface area contributed by atoms with E-state index in [0.29, 0.717) is 5.95 Å². The van der Waals surface area contributed by atoms with Gasteiger partial charge in [-0.15, -0.1) is 5.10 Å². The second-order valence-corrected chi connectivity index (χ2v) is 6.14. The normalized spacial score (nSPS) is 21.7. The van der Waals surface area contributed by atoms with E-state index in [9.17, 15) is 4.79 Å². The summed E-state index contributed by atoms with van der Waals surface area (Å²) < 4.78 is 1.81. The van der Waals surface area contributed by atoms with Crippen LogP contribution in [0.25, 0.3) is 11.2 Å². The molecule has 1 unspecified atom stereocenters. The molecule has 6 heteroatoms. The minimum atomic E-state index is 0.0281. The van der Waals surface area contributed by atoms with Gasteiger partial charge in [0.1, 0.15) is 0 Å². The molecule has 1 amide bonds. The van der Waals surface area contributed by atoms with Crippen molar-refractivity contribution >= 4 is 23.1 Å². The lowest BCUT2D eigenvalue weighted by Crippen LogP contribution is -2.21. The van der Waals surface area contributed by atoms with Crippen LogP contribution in [0, 0.1) is 5.92 Å². The fourth-order valence-corrected chi connectivity index (χ4v) is 2.85. The number of pyridine rings is 1. The summed E-state index contributed by atoms with van der Waals surface area (Å²) in [5.41, 5.74) is 8.98. The van der Waals surface area contributed by atoms with E-state index in [-0.39, 0.29) is 17.9 Å². The zero-order valence-corrected chi connectivity index (χ0v) is 12.3. The third kappa shape index (κ3) is 2.50. The number of allylic oxidation sites excluding steroid dienone is 1. The van der Waals surface area contributed by atoms with Crippen molar-refractivity contribution in [3.8, 4) is 0 Å². The minimum Gasteiger partial charge on any atom is -0.327 e. The summed E-state index contributed by atoms with van der Waals surface area (Å²) in [6.45, 7) is 0. The Bertz CT molecular complexity index is 759. The SMILES string of the molecule is NC1CC=C(c2cccc3nc(NC(=O)C4CC4)nn23)CC1. The van der Waals surface area contributed by atoms with Crippen molar-refractivity contribution in [2.75, 3.05) is 5.32 Å². The summed E-state index contributed by atoms with van der Waals surface area (Å²) in [5, 5.41) is 7.27. The van der Waals surface area contributed by atoms with E-state index in [1.54, 1.807) is 0 Å². The Kier molecular flexibility index (Phi) is 3.18. The molecule has 2 aliphatic rings. The van der Waals surface area contributed by atoms with E-state index >= 15 is 0 Å². The summed E-state index contributed by atoms with van der Waals surface area (Å²) in [7, 11) is 0. The number of aromatic nitrogens is 3. The van der Waals surface area contributed by atoms with Crippen molar-refractivity contribution in [2.24, 2.45) is 11.7 Å². The molecule has 0 bridgehead atoms. The molecular formula is C16H19N5O. The van der Waals surface area contributed by atoms with Crippen molar-refractivity contribution in [1.82, 2.24) is 14.6 Å². The first kappa shape index (κ1) is 13.5. The second-order valence-electron chi connectivity index (χ2n) is 6.14. The van der Waals surface area contributed by atoms with Crippen molar-refractivity contribution in [3.63, 3.8) is 0 Å². The predicted octanol–water partition coefficient (Wildman–Crippen LogP) is 1.97. The van der Waals surface area contributed by atoms with Crippen LogP contribution in [0.5, 0.6) is 0 Å². The molecule has 1 atom stereocenters. The summed E-state index contributed by atoms with van der Waals surface area (Å²) >= 11 is 0. The number of fused-ring (bicyclic) bond motifs is 1. The van der Waals surface area contributed by atoms with Crippen molar-refractivity contribution in [2.45, 2.75) is 38.1 Å². The van der Waals surface area contributed by atoms with Gasteiger partial charge in [0.25, 0.3) is 0 Å². The number of nitrogens with zero attached hydrogens (tertiary/aromatic N) is 3. The minimum absolute atomic E-state index is 0.0281. The number of rotatable bonds is 3. The van der Waals surface area contributed by atoms with Crippen molar-refractivity contribution < 1.29 is 4.79 Å². The van der Waals surface area contributed by atoms with Gasteiger partial charge in [0.05, 0.1) is 5.69 Å². The highest BCUT2D eigenvalue weighted by atomic mass is 16.2. The summed E-state index contributed by atoms with van der Waals surface area (Å²) in [6.07, 6.45) is 6.96. The van der Waals surface area contributed by atoms with Crippen molar-refractivity contribution in [3.05, 3.63) is 30.0 Å². The number of nitrogens with two attached hydrogens (primary N) is 1. The third-order valence-electron chi connectivity index (χ3n) is 4.32. The van der Waals surface area contributed by atoms with Gasteiger partial charge in [0.15, 0.2) is 5.65 Å². The molecule has 22 heavy (non-hydrogen) atoms. The Hall–Kier alpha value is -2.21. The Morgan fingerprint density at radius 1 is 1.32 bits per heavy atom. The average molecular weight is 297 g/mol. The third-order valence-corrected chi connectivity index (χ3v) is 4.32. The molecule has 2 aromatic heterocycles. The van der Waals surface area contributed by atoms with Crippen LogP contribution in [-0.4, -0.2) is 26.5 Å². The summed E-state index contributed by atoms with van der Waals surface area (Å²) in [6, 6.07) is 6.17. The summed E-state index contributed by atoms with van der Waals surface area (Å²) in [4.78, 5) is 16.2. The molecule has 3 N–H and O–H groups in total. The lowest BCUT2D eigenvalue weighted by atomic mass is 9.93. The number of hydrogen-bond acceptors (Lipinski definition) is 4. The molecule has 1 saturated carbocycles. The molecule has 114 valence electrons. The fraction of sp³-hybridized carbons (Fsp3) is 0.438. The maximum Gasteiger partial charge on any atom is 0.249 e. The number of carbonyl (C=O) groups excluding carboxylic acids is 1. The highest BCUT2D eigenvalue weighted by molar-refractivity contribution is 5.92. The molecule has 2 aliphatic carbocycles. The Morgan fingerprint density at radius 2 is 2.18 bits per heavy atom. The molecule has 0 aliphatic heterocycles. The van der Waals surface area contributed by atoms with Gasteiger partial charge in [-0.3, -0.25) is 10.1 Å². The molecule has 6 nitrogen and oxygen atoms in total. The average Bonchev–Trinajstić information content (AvgIpc) is 3.28. The highest BCUT2D eigenvalue weighted by Crippen LogP contribution is 2.30. The fourth-order valence-electron chi connectivity index (χ4n) is 2.85. The Labute approximate surface area is 128 Å². The first-order chi connectivity index (χ1) is 10.7. The highest BCUT2D eigenvalue weighted by Gasteiger charge is 2.30. The number of hydrogen-bond donors (Lipinski definition) is 2. The van der Waals surface area contributed by atoms with Gasteiger partial charge in [-0.2, -0.15) is 4.98 Å². The zero-order chi connectivity index (χ0) is 15.1. The van der Waals surface area contributed by atoms with Gasteiger partial charge >= 0.3 is 0 Å². The smallest absolute Gasteiger partial charge is 0.249 e. The van der Waals surface area contributed by atoms with E-state index in [4.69, 9.17) is 5.73 Å². The molecule has 1 fully saturated rings. The Morgan fingerprint density at radius 3 is 2.91 bits per heavy atom. The van der Waals surface area contributed by atoms with E-state index in [1.165, 1.54) is 5.57 Å². The molecule has 0 saturated heterocycles. The largest absolute Gasteiger partial charge is 0.327 e. The predicted molar refractivity (Wildman–Crippen MR) is 84.1 cm³/mol. The Balaban J connectivity index is 1.67. The first-order valence-electron chi connectivity index (χ1n) is 7.82. The number of nitrogens with one attached hydrogen (secondary N) is 1. The van der Waals surface area contributed by atoms with Gasteiger partial charge in [0.2, 0.25) is 11.9 Å². The molecular weight excluding hydrogens is 278 g/mol. The molecule has 2 aromatic rings. The van der Waals surface area contributed by atoms with Gasteiger partial charge in [-0.25, -0.2) is 4.52 Å². The lowest BCUT2D eigenvalue weighted by Gasteiger charge is -2.18. The van der Waals surface area contributed by atoms with Crippen LogP contribution >= 0.6 is 0 Å². The van der Waals surface area contributed by atoms with E-state index in [2.05, 4.69) is 21.5 Å². The van der Waals surface area contributed by atoms with Crippen LogP contribution in [0.15, 0.2) is 24.3 Å². The molecule has 2 heterocycles. The van der Waals surface area contributed by atoms with Gasteiger partial charge in [-0.1, -0.05) is 12.1 Å². The van der Waals surface area contributed by atoms with Gasteiger partial charge in [0, 0.05) is 12.0 Å². The number of anilines is 1. The van der Waals surface area contributed by atoms with E-state index in [1.807, 2.05) is 22.7 Å². The van der Waals surface area contributed by atoms with Crippen molar-refractivity contribution in [1.29, 1.82) is 0 Å². The molecule has 0 radical (unpaired) electrons. The number of carbonyl (C=O) groups is 1. The van der Waals surface area contributed by atoms with Gasteiger partial charge < -0.3 is 5.73 Å². The first-order valence-corrected chi connectivity index (χ1v) is 7.82. The van der Waals surface area contributed by atoms with Crippen LogP contribution in [-0.2, 0) is 4.79 Å². The quantitative estimate of drug-likeness (QED) is 0.907. The molecule has 0 spiro atoms.